The molecule has 2 fully saturated rings. The number of aryl methyl sites for hydroxylation is 1. The van der Waals surface area contributed by atoms with E-state index in [9.17, 15) is 4.79 Å². The second-order valence-corrected chi connectivity index (χ2v) is 13.3. The van der Waals surface area contributed by atoms with Crippen LogP contribution in [0.2, 0.25) is 0 Å². The zero-order chi connectivity index (χ0) is 36.0. The summed E-state index contributed by atoms with van der Waals surface area (Å²) in [6.07, 6.45) is 14.7. The summed E-state index contributed by atoms with van der Waals surface area (Å²) in [6.45, 7) is 8.66. The molecule has 1 aromatic heterocycles. The van der Waals surface area contributed by atoms with Gasteiger partial charge in [-0.1, -0.05) is 42.0 Å². The van der Waals surface area contributed by atoms with Crippen molar-refractivity contribution in [3.05, 3.63) is 102 Å². The van der Waals surface area contributed by atoms with E-state index in [0.29, 0.717) is 59.0 Å². The van der Waals surface area contributed by atoms with Crippen molar-refractivity contribution in [1.82, 2.24) is 9.88 Å². The fourth-order valence-electron chi connectivity index (χ4n) is 6.29. The first-order valence-electron chi connectivity index (χ1n) is 17.7. The molecule has 270 valence electrons. The number of hydrogen-bond donors (Lipinski definition) is 2. The number of nitrogens with two attached hydrogens (primary N) is 2. The summed E-state index contributed by atoms with van der Waals surface area (Å²) in [5.74, 6) is 8.43. The monoisotopic (exact) mass is 693 g/mol. The first kappa shape index (κ1) is 37.3. The van der Waals surface area contributed by atoms with E-state index in [1.54, 1.807) is 19.4 Å². The van der Waals surface area contributed by atoms with Crippen LogP contribution in [-0.2, 0) is 14.3 Å². The zero-order valence-electron chi connectivity index (χ0n) is 30.1. The molecule has 0 spiro atoms. The van der Waals surface area contributed by atoms with E-state index in [1.807, 2.05) is 36.5 Å². The molecule has 2 aliphatic heterocycles. The van der Waals surface area contributed by atoms with Crippen molar-refractivity contribution in [3.8, 4) is 22.6 Å². The van der Waals surface area contributed by atoms with Crippen molar-refractivity contribution < 1.29 is 23.7 Å². The number of benzene rings is 2. The molecule has 4 N–H and O–H groups in total. The van der Waals surface area contributed by atoms with Gasteiger partial charge in [-0.2, -0.15) is 5.10 Å². The molecule has 2 aliphatic rings. The quantitative estimate of drug-likeness (QED) is 0.0571. The van der Waals surface area contributed by atoms with Crippen LogP contribution in [0.15, 0.2) is 90.0 Å². The Morgan fingerprint density at radius 1 is 0.961 bits per heavy atom. The highest BCUT2D eigenvalue weighted by Crippen LogP contribution is 2.34. The van der Waals surface area contributed by atoms with Gasteiger partial charge in [-0.3, -0.25) is 4.79 Å². The predicted molar refractivity (Wildman–Crippen MR) is 203 cm³/mol. The molecule has 0 unspecified atom stereocenters. The molecule has 51 heavy (non-hydrogen) atoms. The average Bonchev–Trinajstić information content (AvgIpc) is 3.16. The second kappa shape index (κ2) is 18.9. The lowest BCUT2D eigenvalue weighted by molar-refractivity contribution is -0.105. The number of rotatable bonds is 15. The van der Waals surface area contributed by atoms with Crippen molar-refractivity contribution in [2.75, 3.05) is 52.4 Å². The van der Waals surface area contributed by atoms with Gasteiger partial charge in [-0.15, -0.1) is 0 Å². The Hall–Kier alpha value is -4.93. The third kappa shape index (κ3) is 10.8. The maximum absolute atomic E-state index is 12.3. The van der Waals surface area contributed by atoms with Gasteiger partial charge in [0.25, 0.3) is 0 Å². The van der Waals surface area contributed by atoms with Crippen LogP contribution in [0.4, 0.5) is 5.82 Å². The topological polar surface area (TPSA) is 135 Å². The number of allylic oxidation sites excluding steroid dienone is 4. The van der Waals surface area contributed by atoms with Crippen LogP contribution in [0.5, 0.6) is 11.5 Å². The number of pyridine rings is 1. The molecule has 5 rings (SSSR count). The Kier molecular flexibility index (Phi) is 13.8. The number of carbonyl (C=O) groups is 1. The number of hydrazone groups is 1. The summed E-state index contributed by atoms with van der Waals surface area (Å²) in [7, 11) is 1.63. The minimum Gasteiger partial charge on any atom is -0.493 e. The van der Waals surface area contributed by atoms with Crippen molar-refractivity contribution in [2.45, 2.75) is 46.0 Å². The third-order valence-electron chi connectivity index (χ3n) is 9.43. The number of carbonyl (C=O) groups excluding carboxylic acids is 1. The van der Waals surface area contributed by atoms with Crippen molar-refractivity contribution >= 4 is 23.4 Å². The van der Waals surface area contributed by atoms with Crippen LogP contribution in [-0.4, -0.2) is 68.6 Å². The predicted octanol–water partition coefficient (Wildman–Crippen LogP) is 6.93. The number of aldehydes is 1. The normalized spacial score (nSPS) is 16.7. The van der Waals surface area contributed by atoms with E-state index in [0.717, 1.165) is 87.2 Å². The number of methoxy groups -OCH3 is 1. The summed E-state index contributed by atoms with van der Waals surface area (Å²) in [4.78, 5) is 18.9. The van der Waals surface area contributed by atoms with Crippen LogP contribution < -0.4 is 21.1 Å². The summed E-state index contributed by atoms with van der Waals surface area (Å²) < 4.78 is 22.9. The molecule has 0 atom stereocenters. The maximum Gasteiger partial charge on any atom is 0.161 e. The molecule has 10 nitrogen and oxygen atoms in total. The van der Waals surface area contributed by atoms with Gasteiger partial charge in [0.1, 0.15) is 12.1 Å². The molecule has 0 amide bonds. The van der Waals surface area contributed by atoms with Gasteiger partial charge in [0.05, 0.1) is 19.4 Å². The smallest absolute Gasteiger partial charge is 0.161 e. The number of nitrogens with zero attached hydrogens (tertiary/aromatic N) is 3. The molecule has 0 radical (unpaired) electrons. The molecule has 0 aliphatic carbocycles. The highest BCUT2D eigenvalue weighted by atomic mass is 16.5. The lowest BCUT2D eigenvalue weighted by Crippen LogP contribution is -2.26. The van der Waals surface area contributed by atoms with Gasteiger partial charge in [0, 0.05) is 68.3 Å². The van der Waals surface area contributed by atoms with Gasteiger partial charge >= 0.3 is 0 Å². The van der Waals surface area contributed by atoms with E-state index in [-0.39, 0.29) is 0 Å². The van der Waals surface area contributed by atoms with Gasteiger partial charge in [0.15, 0.2) is 11.5 Å². The molecule has 0 bridgehead atoms. The number of hydrogen-bond acceptors (Lipinski definition) is 10. The standard InChI is InChI=1S/C41H51N5O5/c1-29-7-9-34(10-8-29)30(2)24-46(25-31-13-17-49-18-14-31)26-33(27-47)5-4-6-38(45-43)37-21-36(23-44-41(37)42)35-11-12-39(40(22-35)48-3)51-28-32-15-19-50-20-16-32/h4,6-12,21-24,26-27,31-32H,5,13-20,25,28,43H2,1-3H3,(H2,42,44)/b6-4-,30-24+,33-26-,45-38+. The third-order valence-corrected chi connectivity index (χ3v) is 9.43. The summed E-state index contributed by atoms with van der Waals surface area (Å²) in [6, 6.07) is 16.2. The van der Waals surface area contributed by atoms with E-state index >= 15 is 0 Å². The van der Waals surface area contributed by atoms with E-state index in [4.69, 9.17) is 30.5 Å². The fraction of sp³-hybridized carbons (Fsp3) is 0.390. The van der Waals surface area contributed by atoms with E-state index < -0.39 is 0 Å². The lowest BCUT2D eigenvalue weighted by Gasteiger charge is -2.27. The second-order valence-electron chi connectivity index (χ2n) is 13.3. The summed E-state index contributed by atoms with van der Waals surface area (Å²) in [5, 5.41) is 4.03. The van der Waals surface area contributed by atoms with Gasteiger partial charge in [-0.25, -0.2) is 4.98 Å². The number of nitrogen functional groups attached to an aromatic ring is 1. The zero-order valence-corrected chi connectivity index (χ0v) is 30.1. The number of aromatic nitrogens is 1. The average molecular weight is 694 g/mol. The molecule has 3 aromatic rings. The van der Waals surface area contributed by atoms with Crippen LogP contribution in [0, 0.1) is 18.8 Å². The molecule has 2 saturated heterocycles. The molecular weight excluding hydrogens is 642 g/mol. The number of ether oxygens (including phenoxy) is 4. The first-order valence-corrected chi connectivity index (χ1v) is 17.7. The van der Waals surface area contributed by atoms with Gasteiger partial charge in [-0.05, 0) is 98.8 Å². The molecular formula is C41H51N5O5. The Labute approximate surface area is 301 Å². The summed E-state index contributed by atoms with van der Waals surface area (Å²) >= 11 is 0. The maximum atomic E-state index is 12.3. The van der Waals surface area contributed by atoms with Gasteiger partial charge < -0.3 is 35.4 Å². The van der Waals surface area contributed by atoms with E-state index in [1.165, 1.54) is 5.56 Å². The molecule has 3 heterocycles. The highest BCUT2D eigenvalue weighted by molar-refractivity contribution is 6.11. The Morgan fingerprint density at radius 3 is 2.33 bits per heavy atom. The van der Waals surface area contributed by atoms with Crippen LogP contribution in [0.1, 0.15) is 55.7 Å². The van der Waals surface area contributed by atoms with Crippen molar-refractivity contribution in [1.29, 1.82) is 0 Å². The Morgan fingerprint density at radius 2 is 1.67 bits per heavy atom. The van der Waals surface area contributed by atoms with Crippen LogP contribution in [0.3, 0.4) is 0 Å². The fourth-order valence-corrected chi connectivity index (χ4v) is 6.29. The Balaban J connectivity index is 1.31. The van der Waals surface area contributed by atoms with Crippen molar-refractivity contribution in [3.63, 3.8) is 0 Å². The largest absolute Gasteiger partial charge is 0.493 e. The van der Waals surface area contributed by atoms with Gasteiger partial charge in [0.2, 0.25) is 0 Å². The van der Waals surface area contributed by atoms with Crippen LogP contribution in [0.25, 0.3) is 16.7 Å². The van der Waals surface area contributed by atoms with Crippen molar-refractivity contribution in [2.24, 2.45) is 22.8 Å². The minimum absolute atomic E-state index is 0.293. The minimum atomic E-state index is 0.293. The molecule has 10 heteroatoms. The van der Waals surface area contributed by atoms with Crippen LogP contribution >= 0.6 is 0 Å². The molecule has 2 aromatic carbocycles. The number of anilines is 1. The summed E-state index contributed by atoms with van der Waals surface area (Å²) in [5.41, 5.74) is 13.1. The SMILES string of the molecule is COc1cc(-c2cnc(N)c(C(/C=C\C/C(C=O)=C/N(/C=C(\C)c3ccc(C)cc3)CC3CCOCC3)=N/N)c2)ccc1OCC1CCOCC1. The van der Waals surface area contributed by atoms with E-state index in [2.05, 4.69) is 59.3 Å². The first-order chi connectivity index (χ1) is 24.9. The Bertz CT molecular complexity index is 1720. The lowest BCUT2D eigenvalue weighted by atomic mass is 9.99. The molecule has 0 saturated carbocycles. The highest BCUT2D eigenvalue weighted by Gasteiger charge is 2.18.